The Balaban J connectivity index is 2.55. The Kier molecular flexibility index (Phi) is 4.16. The number of methoxy groups -OCH3 is 1. The lowest BCUT2D eigenvalue weighted by Crippen LogP contribution is -2.39. The number of rotatable bonds is 3. The number of aromatic nitrogens is 2. The van der Waals surface area contributed by atoms with E-state index in [2.05, 4.69) is 25.8 Å². The topological polar surface area (TPSA) is 49.1 Å². The summed E-state index contributed by atoms with van der Waals surface area (Å²) >= 11 is 0. The first-order chi connectivity index (χ1) is 9.84. The van der Waals surface area contributed by atoms with Gasteiger partial charge in [0.2, 0.25) is 11.4 Å². The van der Waals surface area contributed by atoms with Crippen LogP contribution >= 0.6 is 0 Å². The summed E-state index contributed by atoms with van der Waals surface area (Å²) in [6.07, 6.45) is 0.512. The third-order valence-electron chi connectivity index (χ3n) is 3.44. The number of ether oxygens (including phenoxy) is 1. The van der Waals surface area contributed by atoms with Crippen molar-refractivity contribution in [2.75, 3.05) is 7.11 Å². The largest absolute Gasteiger partial charge is 0.710 e. The second-order valence-corrected chi connectivity index (χ2v) is 6.20. The summed E-state index contributed by atoms with van der Waals surface area (Å²) in [7, 11) is 1.58. The molecule has 0 fully saturated rings. The molecule has 0 atom stereocenters. The summed E-state index contributed by atoms with van der Waals surface area (Å²) in [4.78, 5) is 4.60. The number of hydrogen-bond donors (Lipinski definition) is 0. The lowest BCUT2D eigenvalue weighted by atomic mass is 9.90. The van der Waals surface area contributed by atoms with Gasteiger partial charge in [0.1, 0.15) is 5.69 Å². The van der Waals surface area contributed by atoms with E-state index in [0.717, 1.165) is 16.0 Å². The van der Waals surface area contributed by atoms with Gasteiger partial charge in [-0.1, -0.05) is 51.1 Å². The van der Waals surface area contributed by atoms with Crippen LogP contribution in [-0.4, -0.2) is 12.1 Å². The average Bonchev–Trinajstić information content (AvgIpc) is 2.44. The fourth-order valence-electron chi connectivity index (χ4n) is 2.32. The lowest BCUT2D eigenvalue weighted by molar-refractivity contribution is -0.624. The maximum Gasteiger partial charge on any atom is 0.306 e. The van der Waals surface area contributed by atoms with Crippen molar-refractivity contribution >= 4 is 0 Å². The normalized spacial score (nSPS) is 11.5. The van der Waals surface area contributed by atoms with Gasteiger partial charge in [-0.3, -0.25) is 0 Å². The molecule has 1 heterocycles. The first-order valence-corrected chi connectivity index (χ1v) is 7.06. The van der Waals surface area contributed by atoms with Gasteiger partial charge in [-0.15, -0.1) is 0 Å². The first-order valence-electron chi connectivity index (χ1n) is 7.06. The van der Waals surface area contributed by atoms with Crippen molar-refractivity contribution in [2.24, 2.45) is 0 Å². The van der Waals surface area contributed by atoms with Crippen molar-refractivity contribution in [1.29, 1.82) is 0 Å². The van der Waals surface area contributed by atoms with E-state index in [1.54, 1.807) is 14.0 Å². The smallest absolute Gasteiger partial charge is 0.306 e. The van der Waals surface area contributed by atoms with Crippen molar-refractivity contribution in [3.05, 3.63) is 58.3 Å². The molecule has 0 bridgehead atoms. The zero-order chi connectivity index (χ0) is 15.6. The van der Waals surface area contributed by atoms with Gasteiger partial charge in [0.15, 0.2) is 0 Å². The molecule has 2 rings (SSSR count). The van der Waals surface area contributed by atoms with Crippen LogP contribution in [0.3, 0.4) is 0 Å². The summed E-state index contributed by atoms with van der Waals surface area (Å²) in [6.45, 7) is 7.98. The predicted molar refractivity (Wildman–Crippen MR) is 82.4 cm³/mol. The van der Waals surface area contributed by atoms with Crippen LogP contribution in [0.2, 0.25) is 0 Å². The van der Waals surface area contributed by atoms with Crippen molar-refractivity contribution < 1.29 is 9.47 Å². The number of hydrogen-bond acceptors (Lipinski definition) is 3. The molecule has 4 heteroatoms. The van der Waals surface area contributed by atoms with Gasteiger partial charge in [0, 0.05) is 12.3 Å². The van der Waals surface area contributed by atoms with Crippen LogP contribution in [0.4, 0.5) is 0 Å². The molecule has 112 valence electrons. The molecule has 1 aromatic carbocycles. The first kappa shape index (κ1) is 15.3. The zero-order valence-corrected chi connectivity index (χ0v) is 13.3. The molecule has 0 amide bonds. The van der Waals surface area contributed by atoms with Crippen LogP contribution < -0.4 is 9.47 Å². The van der Waals surface area contributed by atoms with Gasteiger partial charge in [0.25, 0.3) is 0 Å². The molecule has 0 spiro atoms. The van der Waals surface area contributed by atoms with Crippen LogP contribution in [0.1, 0.15) is 43.5 Å². The Hall–Kier alpha value is -2.10. The van der Waals surface area contributed by atoms with E-state index in [1.807, 2.05) is 30.3 Å². The minimum Gasteiger partial charge on any atom is -0.710 e. The van der Waals surface area contributed by atoms with Crippen LogP contribution in [0.25, 0.3) is 0 Å². The Morgan fingerprint density at radius 1 is 1.19 bits per heavy atom. The highest BCUT2D eigenvalue weighted by molar-refractivity contribution is 5.35. The Labute approximate surface area is 126 Å². The lowest BCUT2D eigenvalue weighted by Gasteiger charge is -2.21. The number of benzene rings is 1. The Morgan fingerprint density at radius 2 is 1.81 bits per heavy atom. The summed E-state index contributed by atoms with van der Waals surface area (Å²) in [5.41, 5.74) is 2.26. The molecule has 0 unspecified atom stereocenters. The van der Waals surface area contributed by atoms with Gasteiger partial charge in [-0.2, -0.15) is 0 Å². The average molecular weight is 286 g/mol. The highest BCUT2D eigenvalue weighted by Crippen LogP contribution is 2.30. The van der Waals surface area contributed by atoms with Crippen molar-refractivity contribution in [3.63, 3.8) is 0 Å². The van der Waals surface area contributed by atoms with Crippen LogP contribution in [0.15, 0.2) is 30.3 Å². The second kappa shape index (κ2) is 5.72. The molecular formula is C17H22N2O2. The van der Waals surface area contributed by atoms with Crippen LogP contribution in [0, 0.1) is 12.1 Å². The van der Waals surface area contributed by atoms with E-state index in [0.29, 0.717) is 23.7 Å². The fourth-order valence-corrected chi connectivity index (χ4v) is 2.32. The molecule has 4 nitrogen and oxygen atoms in total. The zero-order valence-electron chi connectivity index (χ0n) is 13.3. The molecule has 2 aromatic rings. The molecule has 0 saturated carbocycles. The number of nitrogens with zero attached hydrogens (tertiary/aromatic N) is 2. The van der Waals surface area contributed by atoms with Gasteiger partial charge in [0.05, 0.1) is 13.5 Å². The minimum absolute atomic E-state index is 0.185. The SMILES string of the molecule is COc1c(C(C)(C)C)nc(Cc2ccccc2)[n+]([O-])c1C. The van der Waals surface area contributed by atoms with Gasteiger partial charge < -0.3 is 9.94 Å². The molecule has 0 radical (unpaired) electrons. The molecule has 1 aromatic heterocycles. The maximum absolute atomic E-state index is 12.4. The van der Waals surface area contributed by atoms with Gasteiger partial charge >= 0.3 is 5.82 Å². The summed E-state index contributed by atoms with van der Waals surface area (Å²) in [5.74, 6) is 1.08. The van der Waals surface area contributed by atoms with E-state index in [9.17, 15) is 5.21 Å². The van der Waals surface area contributed by atoms with Crippen LogP contribution in [0.5, 0.6) is 5.75 Å². The van der Waals surface area contributed by atoms with Crippen molar-refractivity contribution in [2.45, 2.75) is 39.5 Å². The van der Waals surface area contributed by atoms with Crippen molar-refractivity contribution in [3.8, 4) is 5.75 Å². The molecule has 0 saturated heterocycles. The van der Waals surface area contributed by atoms with E-state index in [4.69, 9.17) is 4.74 Å². The van der Waals surface area contributed by atoms with E-state index >= 15 is 0 Å². The van der Waals surface area contributed by atoms with E-state index < -0.39 is 0 Å². The summed E-state index contributed by atoms with van der Waals surface area (Å²) < 4.78 is 6.28. The van der Waals surface area contributed by atoms with Gasteiger partial charge in [-0.05, 0) is 10.5 Å². The quantitative estimate of drug-likeness (QED) is 0.644. The monoisotopic (exact) mass is 286 g/mol. The highest BCUT2D eigenvalue weighted by atomic mass is 16.5. The van der Waals surface area contributed by atoms with Crippen molar-refractivity contribution in [1.82, 2.24) is 4.98 Å². The fraction of sp³-hybridized carbons (Fsp3) is 0.412. The minimum atomic E-state index is -0.185. The summed E-state index contributed by atoms with van der Waals surface area (Å²) in [5, 5.41) is 12.4. The second-order valence-electron chi connectivity index (χ2n) is 6.20. The van der Waals surface area contributed by atoms with Gasteiger partial charge in [-0.25, -0.2) is 4.73 Å². The Bertz CT molecular complexity index is 631. The molecule has 0 N–H and O–H groups in total. The molecule has 0 aliphatic rings. The third-order valence-corrected chi connectivity index (χ3v) is 3.44. The molecule has 21 heavy (non-hydrogen) atoms. The van der Waals surface area contributed by atoms with E-state index in [-0.39, 0.29) is 5.41 Å². The van der Waals surface area contributed by atoms with E-state index in [1.165, 1.54) is 0 Å². The summed E-state index contributed by atoms with van der Waals surface area (Å²) in [6, 6.07) is 9.88. The molecular weight excluding hydrogens is 264 g/mol. The third kappa shape index (κ3) is 3.15. The highest BCUT2D eigenvalue weighted by Gasteiger charge is 2.31. The maximum atomic E-state index is 12.4. The Morgan fingerprint density at radius 3 is 2.33 bits per heavy atom. The molecule has 0 aliphatic carbocycles. The standard InChI is InChI=1S/C17H22N2O2/c1-12-15(21-5)16(17(2,3)4)18-14(19(12)20)11-13-9-7-6-8-10-13/h6-10H,11H2,1-5H3. The predicted octanol–water partition coefficient (Wildman–Crippen LogP) is 2.92. The molecule has 0 aliphatic heterocycles. The van der Waals surface area contributed by atoms with Crippen LogP contribution in [-0.2, 0) is 11.8 Å².